The van der Waals surface area contributed by atoms with E-state index >= 15 is 0 Å². The summed E-state index contributed by atoms with van der Waals surface area (Å²) >= 11 is 0. The largest absolute Gasteiger partial charge is 0.425 e. The molecule has 2 aliphatic heterocycles. The first-order valence-electron chi connectivity index (χ1n) is 11.9. The van der Waals surface area contributed by atoms with E-state index in [1.54, 1.807) is 0 Å². The van der Waals surface area contributed by atoms with E-state index in [0.29, 0.717) is 11.4 Å². The van der Waals surface area contributed by atoms with Gasteiger partial charge in [0, 0.05) is 11.5 Å². The Bertz CT molecular complexity index is 1440. The fourth-order valence-corrected chi connectivity index (χ4v) is 5.96. The SMILES string of the molecule is Cc1ccc(N2C(=O)[C@@H]3[C@@H]4C(=O)Oc5cc(C)ccc5C4=C[C@H](c4ccccc4)[C@H]3C2=O)c(C)c1. The number of amides is 2. The van der Waals surface area contributed by atoms with Gasteiger partial charge in [-0.15, -0.1) is 0 Å². The number of imide groups is 1. The molecule has 3 aromatic carbocycles. The van der Waals surface area contributed by atoms with Crippen molar-refractivity contribution < 1.29 is 19.1 Å². The fraction of sp³-hybridized carbons (Fsp3) is 0.233. The highest BCUT2D eigenvalue weighted by molar-refractivity contribution is 6.25. The number of esters is 1. The lowest BCUT2D eigenvalue weighted by atomic mass is 9.64. The van der Waals surface area contributed by atoms with Gasteiger partial charge in [0.05, 0.1) is 23.4 Å². The van der Waals surface area contributed by atoms with Crippen LogP contribution in [0, 0.1) is 38.5 Å². The van der Waals surface area contributed by atoms with Gasteiger partial charge in [0.1, 0.15) is 5.75 Å². The van der Waals surface area contributed by atoms with E-state index in [2.05, 4.69) is 0 Å². The molecule has 0 aromatic heterocycles. The number of benzene rings is 3. The van der Waals surface area contributed by atoms with Gasteiger partial charge in [0.25, 0.3) is 0 Å². The molecule has 0 unspecified atom stereocenters. The first-order valence-corrected chi connectivity index (χ1v) is 11.9. The summed E-state index contributed by atoms with van der Waals surface area (Å²) in [4.78, 5) is 42.6. The summed E-state index contributed by atoms with van der Waals surface area (Å²) in [5.74, 6) is -3.23. The van der Waals surface area contributed by atoms with Gasteiger partial charge in [-0.2, -0.15) is 0 Å². The van der Waals surface area contributed by atoms with E-state index in [-0.39, 0.29) is 17.7 Å². The third kappa shape index (κ3) is 3.18. The van der Waals surface area contributed by atoms with Gasteiger partial charge < -0.3 is 4.74 Å². The number of rotatable bonds is 2. The molecule has 0 bridgehead atoms. The quantitative estimate of drug-likeness (QED) is 0.300. The maximum atomic E-state index is 14.0. The third-order valence-electron chi connectivity index (χ3n) is 7.53. The van der Waals surface area contributed by atoms with Crippen molar-refractivity contribution in [3.63, 3.8) is 0 Å². The van der Waals surface area contributed by atoms with E-state index in [9.17, 15) is 14.4 Å². The van der Waals surface area contributed by atoms with Crippen LogP contribution in [0.3, 0.4) is 0 Å². The molecule has 174 valence electrons. The van der Waals surface area contributed by atoms with E-state index < -0.39 is 23.7 Å². The van der Waals surface area contributed by atoms with Crippen molar-refractivity contribution >= 4 is 29.0 Å². The van der Waals surface area contributed by atoms with Gasteiger partial charge in [-0.3, -0.25) is 14.4 Å². The van der Waals surface area contributed by atoms with Gasteiger partial charge in [0.2, 0.25) is 11.8 Å². The van der Waals surface area contributed by atoms with Crippen molar-refractivity contribution in [1.82, 2.24) is 0 Å². The predicted octanol–water partition coefficient (Wildman–Crippen LogP) is 5.13. The Hall–Kier alpha value is -3.99. The zero-order valence-corrected chi connectivity index (χ0v) is 19.8. The molecule has 1 aliphatic carbocycles. The average Bonchev–Trinajstić information content (AvgIpc) is 3.09. The predicted molar refractivity (Wildman–Crippen MR) is 133 cm³/mol. The number of aryl methyl sites for hydroxylation is 3. The van der Waals surface area contributed by atoms with E-state index in [1.165, 1.54) is 4.90 Å². The zero-order valence-electron chi connectivity index (χ0n) is 19.8. The second-order valence-electron chi connectivity index (χ2n) is 9.81. The third-order valence-corrected chi connectivity index (χ3v) is 7.53. The Balaban J connectivity index is 1.56. The normalized spacial score (nSPS) is 24.9. The van der Waals surface area contributed by atoms with Gasteiger partial charge in [0.15, 0.2) is 0 Å². The number of anilines is 1. The molecule has 6 rings (SSSR count). The van der Waals surface area contributed by atoms with Gasteiger partial charge in [-0.05, 0) is 55.2 Å². The molecule has 5 heteroatoms. The fourth-order valence-electron chi connectivity index (χ4n) is 5.96. The Kier molecular flexibility index (Phi) is 4.78. The molecule has 2 heterocycles. The molecular formula is C30H25NO4. The molecule has 2 amide bonds. The Labute approximate surface area is 204 Å². The summed E-state index contributed by atoms with van der Waals surface area (Å²) in [6.07, 6.45) is 2.02. The topological polar surface area (TPSA) is 63.7 Å². The van der Waals surface area contributed by atoms with Crippen LogP contribution in [0.4, 0.5) is 5.69 Å². The Morgan fingerprint density at radius 3 is 2.20 bits per heavy atom. The molecule has 0 saturated carbocycles. The van der Waals surface area contributed by atoms with Gasteiger partial charge >= 0.3 is 5.97 Å². The maximum Gasteiger partial charge on any atom is 0.319 e. The summed E-state index contributed by atoms with van der Waals surface area (Å²) in [7, 11) is 0. The van der Waals surface area contributed by atoms with Crippen LogP contribution in [0.1, 0.15) is 33.7 Å². The second kappa shape index (κ2) is 7.77. The Morgan fingerprint density at radius 2 is 1.46 bits per heavy atom. The number of fused-ring (bicyclic) bond motifs is 5. The van der Waals surface area contributed by atoms with Crippen molar-refractivity contribution in [2.24, 2.45) is 17.8 Å². The minimum absolute atomic E-state index is 0.265. The lowest BCUT2D eigenvalue weighted by Crippen LogP contribution is -2.42. The molecule has 0 spiro atoms. The standard InChI is InChI=1S/C30H25NO4/c1-16-10-12-23(18(3)13-16)31-28(32)25-21(19-7-5-4-6-8-19)15-22-20-11-9-17(2)14-24(20)35-30(34)26(22)27(25)29(31)33/h4-15,21,25-27H,1-3H3/t21-,25-,26-,27+/m1/s1. The molecule has 0 radical (unpaired) electrons. The van der Waals surface area contributed by atoms with Crippen molar-refractivity contribution in [1.29, 1.82) is 0 Å². The smallest absolute Gasteiger partial charge is 0.319 e. The summed E-state index contributed by atoms with van der Waals surface area (Å²) in [5.41, 5.74) is 5.99. The van der Waals surface area contributed by atoms with Crippen LogP contribution in [0.2, 0.25) is 0 Å². The number of allylic oxidation sites excluding steroid dienone is 1. The highest BCUT2D eigenvalue weighted by Gasteiger charge is 2.60. The number of ether oxygens (including phenoxy) is 1. The lowest BCUT2D eigenvalue weighted by Gasteiger charge is -2.38. The average molecular weight is 464 g/mol. The highest BCUT2D eigenvalue weighted by Crippen LogP contribution is 2.54. The summed E-state index contributed by atoms with van der Waals surface area (Å²) in [6, 6.07) is 21.2. The first-order chi connectivity index (χ1) is 16.8. The van der Waals surface area contributed by atoms with Crippen LogP contribution in [0.25, 0.3) is 5.57 Å². The molecule has 3 aliphatic rings. The van der Waals surface area contributed by atoms with Crippen molar-refractivity contribution in [2.75, 3.05) is 4.90 Å². The van der Waals surface area contributed by atoms with Crippen LogP contribution in [0.5, 0.6) is 5.75 Å². The molecule has 35 heavy (non-hydrogen) atoms. The minimum atomic E-state index is -0.824. The first kappa shape index (κ1) is 21.5. The number of nitrogens with zero attached hydrogens (tertiary/aromatic N) is 1. The second-order valence-corrected chi connectivity index (χ2v) is 9.81. The highest BCUT2D eigenvalue weighted by atomic mass is 16.5. The number of hydrogen-bond acceptors (Lipinski definition) is 4. The molecule has 0 N–H and O–H groups in total. The van der Waals surface area contributed by atoms with Crippen molar-refractivity contribution in [2.45, 2.75) is 26.7 Å². The van der Waals surface area contributed by atoms with E-state index in [4.69, 9.17) is 4.74 Å². The monoisotopic (exact) mass is 463 g/mol. The van der Waals surface area contributed by atoms with Crippen LogP contribution >= 0.6 is 0 Å². The van der Waals surface area contributed by atoms with Crippen LogP contribution < -0.4 is 9.64 Å². The lowest BCUT2D eigenvalue weighted by molar-refractivity contribution is -0.142. The van der Waals surface area contributed by atoms with Gasteiger partial charge in [-0.25, -0.2) is 4.90 Å². The molecule has 1 saturated heterocycles. The number of carbonyl (C=O) groups is 3. The molecular weight excluding hydrogens is 438 g/mol. The molecule has 5 nitrogen and oxygen atoms in total. The summed E-state index contributed by atoms with van der Waals surface area (Å²) < 4.78 is 5.73. The van der Waals surface area contributed by atoms with Crippen LogP contribution in [-0.4, -0.2) is 17.8 Å². The van der Waals surface area contributed by atoms with Crippen LogP contribution in [-0.2, 0) is 14.4 Å². The Morgan fingerprint density at radius 1 is 0.771 bits per heavy atom. The van der Waals surface area contributed by atoms with E-state index in [0.717, 1.165) is 33.4 Å². The molecule has 1 fully saturated rings. The van der Waals surface area contributed by atoms with Crippen LogP contribution in [0.15, 0.2) is 72.8 Å². The van der Waals surface area contributed by atoms with Crippen molar-refractivity contribution in [3.8, 4) is 5.75 Å². The molecule has 4 atom stereocenters. The molecule has 3 aromatic rings. The van der Waals surface area contributed by atoms with E-state index in [1.807, 2.05) is 93.6 Å². The zero-order chi connectivity index (χ0) is 24.4. The van der Waals surface area contributed by atoms with Crippen molar-refractivity contribution in [3.05, 3.63) is 101 Å². The maximum absolute atomic E-state index is 14.0. The minimum Gasteiger partial charge on any atom is -0.425 e. The number of carbonyl (C=O) groups excluding carboxylic acids is 3. The van der Waals surface area contributed by atoms with Gasteiger partial charge in [-0.1, -0.05) is 66.2 Å². The summed E-state index contributed by atoms with van der Waals surface area (Å²) in [6.45, 7) is 5.82. The number of hydrogen-bond donors (Lipinski definition) is 0. The summed E-state index contributed by atoms with van der Waals surface area (Å²) in [5, 5.41) is 0.